The number of hydrogen-bond donors (Lipinski definition) is 1. The number of nitrogens with zero attached hydrogens (tertiary/aromatic N) is 1. The number of aryl methyl sites for hydroxylation is 1. The lowest BCUT2D eigenvalue weighted by molar-refractivity contribution is -0.139. The Hall–Kier alpha value is -1.84. The minimum Gasteiger partial charge on any atom is -0.273 e. The van der Waals surface area contributed by atoms with Crippen molar-refractivity contribution in [3.63, 3.8) is 0 Å². The number of hydrogen-bond acceptors (Lipinski definition) is 2. The quantitative estimate of drug-likeness (QED) is 0.863. The maximum absolute atomic E-state index is 12.3. The van der Waals surface area contributed by atoms with Crippen LogP contribution in [-0.4, -0.2) is 22.4 Å². The van der Waals surface area contributed by atoms with Crippen molar-refractivity contribution >= 4 is 11.8 Å². The lowest BCUT2D eigenvalue weighted by Crippen LogP contribution is -2.55. The zero-order valence-electron chi connectivity index (χ0n) is 13.7. The second kappa shape index (κ2) is 7.25. The summed E-state index contributed by atoms with van der Waals surface area (Å²) in [5, 5.41) is 1.45. The van der Waals surface area contributed by atoms with Gasteiger partial charge in [-0.05, 0) is 46.2 Å². The van der Waals surface area contributed by atoms with E-state index >= 15 is 0 Å². The highest BCUT2D eigenvalue weighted by molar-refractivity contribution is 5.95. The molecule has 0 spiro atoms. The SMILES string of the molecule is CCCCC(=O)N(NC(=O)c1cccc(C)c1)C(C)(C)C. The van der Waals surface area contributed by atoms with E-state index in [1.807, 2.05) is 52.8 Å². The molecule has 116 valence electrons. The molecule has 4 heteroatoms. The molecule has 1 aromatic carbocycles. The lowest BCUT2D eigenvalue weighted by atomic mass is 10.1. The van der Waals surface area contributed by atoms with Crippen molar-refractivity contribution < 1.29 is 9.59 Å². The third-order valence-corrected chi connectivity index (χ3v) is 3.16. The van der Waals surface area contributed by atoms with Crippen LogP contribution in [0.15, 0.2) is 24.3 Å². The van der Waals surface area contributed by atoms with Crippen molar-refractivity contribution in [1.82, 2.24) is 10.4 Å². The third-order valence-electron chi connectivity index (χ3n) is 3.16. The molecule has 1 rings (SSSR count). The van der Waals surface area contributed by atoms with Crippen LogP contribution in [0.5, 0.6) is 0 Å². The molecule has 4 nitrogen and oxygen atoms in total. The van der Waals surface area contributed by atoms with E-state index in [0.717, 1.165) is 18.4 Å². The minimum absolute atomic E-state index is 0.0506. The number of carbonyl (C=O) groups is 2. The predicted molar refractivity (Wildman–Crippen MR) is 84.8 cm³/mol. The second-order valence-electron chi connectivity index (χ2n) is 6.31. The Morgan fingerprint density at radius 1 is 1.24 bits per heavy atom. The van der Waals surface area contributed by atoms with Gasteiger partial charge in [0.2, 0.25) is 5.91 Å². The maximum Gasteiger partial charge on any atom is 0.269 e. The highest BCUT2D eigenvalue weighted by Crippen LogP contribution is 2.14. The van der Waals surface area contributed by atoms with Gasteiger partial charge >= 0.3 is 0 Å². The van der Waals surface area contributed by atoms with Gasteiger partial charge in [-0.2, -0.15) is 0 Å². The minimum atomic E-state index is -0.454. The van der Waals surface area contributed by atoms with Crippen molar-refractivity contribution in [2.75, 3.05) is 0 Å². The Balaban J connectivity index is 2.86. The average molecular weight is 290 g/mol. The molecule has 0 bridgehead atoms. The molecule has 0 unspecified atom stereocenters. The number of hydrazine groups is 1. The Labute approximate surface area is 127 Å². The molecule has 0 aliphatic heterocycles. The van der Waals surface area contributed by atoms with Crippen LogP contribution in [-0.2, 0) is 4.79 Å². The normalized spacial score (nSPS) is 11.1. The first-order valence-corrected chi connectivity index (χ1v) is 7.46. The Morgan fingerprint density at radius 2 is 1.90 bits per heavy atom. The molecule has 2 amide bonds. The van der Waals surface area contributed by atoms with Crippen LogP contribution in [0.25, 0.3) is 0 Å². The van der Waals surface area contributed by atoms with Crippen molar-refractivity contribution in [2.24, 2.45) is 0 Å². The number of benzene rings is 1. The summed E-state index contributed by atoms with van der Waals surface area (Å²) in [7, 11) is 0. The Bertz CT molecular complexity index is 504. The fourth-order valence-electron chi connectivity index (χ4n) is 2.00. The fraction of sp³-hybridized carbons (Fsp3) is 0.529. The third kappa shape index (κ3) is 5.21. The second-order valence-corrected chi connectivity index (χ2v) is 6.31. The highest BCUT2D eigenvalue weighted by atomic mass is 16.2. The van der Waals surface area contributed by atoms with E-state index in [0.29, 0.717) is 12.0 Å². The standard InChI is InChI=1S/C17H26N2O2/c1-6-7-11-15(20)19(17(3,4)5)18-16(21)14-10-8-9-13(2)12-14/h8-10,12H,6-7,11H2,1-5H3,(H,18,21). The summed E-state index contributed by atoms with van der Waals surface area (Å²) in [4.78, 5) is 24.6. The van der Waals surface area contributed by atoms with Crippen LogP contribution in [0.1, 0.15) is 62.9 Å². The van der Waals surface area contributed by atoms with E-state index in [4.69, 9.17) is 0 Å². The molecule has 21 heavy (non-hydrogen) atoms. The number of nitrogens with one attached hydrogen (secondary N) is 1. The van der Waals surface area contributed by atoms with E-state index in [9.17, 15) is 9.59 Å². The largest absolute Gasteiger partial charge is 0.273 e. The van der Waals surface area contributed by atoms with E-state index in [1.54, 1.807) is 6.07 Å². The summed E-state index contributed by atoms with van der Waals surface area (Å²) < 4.78 is 0. The maximum atomic E-state index is 12.3. The molecule has 0 radical (unpaired) electrons. The lowest BCUT2D eigenvalue weighted by Gasteiger charge is -2.35. The van der Waals surface area contributed by atoms with Crippen molar-refractivity contribution in [2.45, 2.75) is 59.4 Å². The van der Waals surface area contributed by atoms with E-state index in [2.05, 4.69) is 5.43 Å². The molecule has 0 aromatic heterocycles. The molecule has 0 aliphatic carbocycles. The van der Waals surface area contributed by atoms with E-state index in [-0.39, 0.29) is 11.8 Å². The van der Waals surface area contributed by atoms with Gasteiger partial charge < -0.3 is 0 Å². The van der Waals surface area contributed by atoms with Crippen molar-refractivity contribution in [3.8, 4) is 0 Å². The summed E-state index contributed by atoms with van der Waals surface area (Å²) in [5.74, 6) is -0.302. The zero-order chi connectivity index (χ0) is 16.0. The highest BCUT2D eigenvalue weighted by Gasteiger charge is 2.28. The summed E-state index contributed by atoms with van der Waals surface area (Å²) in [6.45, 7) is 9.71. The Morgan fingerprint density at radius 3 is 2.43 bits per heavy atom. The van der Waals surface area contributed by atoms with Crippen LogP contribution < -0.4 is 5.43 Å². The summed E-state index contributed by atoms with van der Waals surface area (Å²) >= 11 is 0. The first-order chi connectivity index (χ1) is 9.75. The predicted octanol–water partition coefficient (Wildman–Crippen LogP) is 3.46. The van der Waals surface area contributed by atoms with Crippen LogP contribution in [0.4, 0.5) is 0 Å². The number of amides is 2. The van der Waals surface area contributed by atoms with Gasteiger partial charge in [-0.15, -0.1) is 0 Å². The van der Waals surface area contributed by atoms with Crippen molar-refractivity contribution in [1.29, 1.82) is 0 Å². The van der Waals surface area contributed by atoms with E-state index in [1.165, 1.54) is 5.01 Å². The molecule has 0 aliphatic rings. The topological polar surface area (TPSA) is 49.4 Å². The molecule has 0 fully saturated rings. The van der Waals surface area contributed by atoms with Gasteiger partial charge in [0.25, 0.3) is 5.91 Å². The molecule has 0 heterocycles. The fourth-order valence-corrected chi connectivity index (χ4v) is 2.00. The van der Waals surface area contributed by atoms with Crippen LogP contribution >= 0.6 is 0 Å². The van der Waals surface area contributed by atoms with Gasteiger partial charge in [-0.25, -0.2) is 5.01 Å². The first-order valence-electron chi connectivity index (χ1n) is 7.46. The number of carbonyl (C=O) groups excluding carboxylic acids is 2. The summed E-state index contributed by atoms with van der Waals surface area (Å²) in [5.41, 5.74) is 3.88. The number of rotatable bonds is 4. The van der Waals surface area contributed by atoms with Gasteiger partial charge in [-0.1, -0.05) is 31.0 Å². The monoisotopic (exact) mass is 290 g/mol. The Kier molecular flexibility index (Phi) is 5.94. The van der Waals surface area contributed by atoms with Crippen LogP contribution in [0.3, 0.4) is 0 Å². The first kappa shape index (κ1) is 17.2. The molecule has 0 atom stereocenters. The molecular formula is C17H26N2O2. The summed E-state index contributed by atoms with van der Waals surface area (Å²) in [6.07, 6.45) is 2.23. The van der Waals surface area contributed by atoms with E-state index < -0.39 is 5.54 Å². The van der Waals surface area contributed by atoms with Crippen molar-refractivity contribution in [3.05, 3.63) is 35.4 Å². The summed E-state index contributed by atoms with van der Waals surface area (Å²) in [6, 6.07) is 7.33. The van der Waals surface area contributed by atoms with Gasteiger partial charge in [0.1, 0.15) is 0 Å². The van der Waals surface area contributed by atoms with Gasteiger partial charge in [0, 0.05) is 12.0 Å². The molecular weight excluding hydrogens is 264 g/mol. The van der Waals surface area contributed by atoms with Crippen LogP contribution in [0, 0.1) is 6.92 Å². The number of unbranched alkanes of at least 4 members (excludes halogenated alkanes) is 1. The average Bonchev–Trinajstić information content (AvgIpc) is 2.40. The van der Waals surface area contributed by atoms with Gasteiger partial charge in [0.15, 0.2) is 0 Å². The molecule has 0 saturated carbocycles. The van der Waals surface area contributed by atoms with Gasteiger partial charge in [0.05, 0.1) is 5.54 Å². The smallest absolute Gasteiger partial charge is 0.269 e. The van der Waals surface area contributed by atoms with Crippen LogP contribution in [0.2, 0.25) is 0 Å². The zero-order valence-corrected chi connectivity index (χ0v) is 13.7. The molecule has 1 aromatic rings. The molecule has 1 N–H and O–H groups in total. The van der Waals surface area contributed by atoms with Gasteiger partial charge in [-0.3, -0.25) is 15.0 Å². The molecule has 0 saturated heterocycles.